The number of fused-ring (bicyclic) bond motifs is 1. The number of amides is 2. The number of benzene rings is 3. The fraction of sp³-hybridized carbons (Fsp3) is 0.167. The molecule has 10 heteroatoms. The number of anilines is 2. The van der Waals surface area contributed by atoms with Gasteiger partial charge in [0.2, 0.25) is 5.91 Å². The van der Waals surface area contributed by atoms with Gasteiger partial charge in [0, 0.05) is 0 Å². The lowest BCUT2D eigenvalue weighted by Gasteiger charge is -2.29. The second-order valence-electron chi connectivity index (χ2n) is 7.74. The van der Waals surface area contributed by atoms with Crippen molar-refractivity contribution >= 4 is 23.2 Å². The molecule has 2 heterocycles. The number of ether oxygens (including phenoxy) is 1. The summed E-state index contributed by atoms with van der Waals surface area (Å²) in [7, 11) is 0. The summed E-state index contributed by atoms with van der Waals surface area (Å²) in [5.74, 6) is -3.62. The molecule has 34 heavy (non-hydrogen) atoms. The van der Waals surface area contributed by atoms with E-state index in [0.29, 0.717) is 11.3 Å². The predicted molar refractivity (Wildman–Crippen MR) is 112 cm³/mol. The summed E-state index contributed by atoms with van der Waals surface area (Å²) in [5.41, 5.74) is 0.771. The van der Waals surface area contributed by atoms with E-state index in [-0.39, 0.29) is 5.69 Å². The van der Waals surface area contributed by atoms with Gasteiger partial charge in [0.05, 0.1) is 17.4 Å². The highest BCUT2D eigenvalue weighted by Gasteiger charge is 2.60. The van der Waals surface area contributed by atoms with Crippen molar-refractivity contribution in [2.75, 3.05) is 9.96 Å². The van der Waals surface area contributed by atoms with Gasteiger partial charge in [-0.15, -0.1) is 13.2 Å². The van der Waals surface area contributed by atoms with Crippen LogP contribution in [0.2, 0.25) is 0 Å². The fourth-order valence-corrected chi connectivity index (χ4v) is 4.29. The largest absolute Gasteiger partial charge is 0.573 e. The molecule has 0 aromatic heterocycles. The van der Waals surface area contributed by atoms with Crippen LogP contribution in [0.1, 0.15) is 11.6 Å². The van der Waals surface area contributed by atoms with Gasteiger partial charge in [-0.3, -0.25) is 14.4 Å². The molecule has 6 nitrogen and oxygen atoms in total. The molecule has 2 fully saturated rings. The Morgan fingerprint density at radius 1 is 0.824 bits per heavy atom. The van der Waals surface area contributed by atoms with Crippen molar-refractivity contribution in [1.29, 1.82) is 0 Å². The summed E-state index contributed by atoms with van der Waals surface area (Å²) in [4.78, 5) is 33.3. The zero-order valence-corrected chi connectivity index (χ0v) is 17.3. The molecule has 2 aliphatic rings. The van der Waals surface area contributed by atoms with Crippen LogP contribution in [0, 0.1) is 11.7 Å². The van der Waals surface area contributed by atoms with Gasteiger partial charge in [0.1, 0.15) is 17.5 Å². The molecular formula is C24H16F4N2O4. The number of para-hydroxylation sites is 2. The molecule has 3 aromatic carbocycles. The standard InChI is InChI=1S/C24H16F4N2O4/c25-17-8-4-5-9-18(17)29-22(31)19-20(14-10-12-16(13-11-14)33-24(26,27)28)30(34-21(19)23(29)32)15-6-2-1-3-7-15/h1-13,19-21H. The molecule has 0 spiro atoms. The van der Waals surface area contributed by atoms with E-state index >= 15 is 0 Å². The summed E-state index contributed by atoms with van der Waals surface area (Å²) in [6, 6.07) is 18.2. The van der Waals surface area contributed by atoms with E-state index in [9.17, 15) is 27.2 Å². The molecule has 0 bridgehead atoms. The Balaban J connectivity index is 1.55. The van der Waals surface area contributed by atoms with Gasteiger partial charge in [-0.05, 0) is 42.0 Å². The average molecular weight is 472 g/mol. The van der Waals surface area contributed by atoms with Gasteiger partial charge in [0.25, 0.3) is 5.91 Å². The van der Waals surface area contributed by atoms with Crippen LogP contribution in [0.15, 0.2) is 78.9 Å². The first-order valence-corrected chi connectivity index (χ1v) is 10.2. The monoisotopic (exact) mass is 472 g/mol. The summed E-state index contributed by atoms with van der Waals surface area (Å²) >= 11 is 0. The van der Waals surface area contributed by atoms with E-state index in [2.05, 4.69) is 4.74 Å². The van der Waals surface area contributed by atoms with Crippen LogP contribution in [0.5, 0.6) is 5.75 Å². The number of hydroxylamine groups is 1. The number of imide groups is 1. The molecule has 0 saturated carbocycles. The first-order valence-electron chi connectivity index (χ1n) is 10.2. The molecule has 2 aliphatic heterocycles. The lowest BCUT2D eigenvalue weighted by molar-refractivity contribution is -0.274. The predicted octanol–water partition coefficient (Wildman–Crippen LogP) is 4.78. The smallest absolute Gasteiger partial charge is 0.406 e. The minimum Gasteiger partial charge on any atom is -0.406 e. The molecule has 0 radical (unpaired) electrons. The highest BCUT2D eigenvalue weighted by atomic mass is 19.4. The van der Waals surface area contributed by atoms with Crippen LogP contribution in [-0.2, 0) is 14.4 Å². The molecule has 2 saturated heterocycles. The summed E-state index contributed by atoms with van der Waals surface area (Å²) in [6.45, 7) is 0. The van der Waals surface area contributed by atoms with Crippen molar-refractivity contribution in [3.8, 4) is 5.75 Å². The van der Waals surface area contributed by atoms with E-state index in [4.69, 9.17) is 4.84 Å². The number of hydrogen-bond acceptors (Lipinski definition) is 5. The Kier molecular flexibility index (Phi) is 5.24. The van der Waals surface area contributed by atoms with Crippen LogP contribution < -0.4 is 14.7 Å². The number of nitrogens with zero attached hydrogens (tertiary/aromatic N) is 2. The van der Waals surface area contributed by atoms with Gasteiger partial charge in [-0.1, -0.05) is 42.5 Å². The van der Waals surface area contributed by atoms with E-state index in [1.165, 1.54) is 35.4 Å². The fourth-order valence-electron chi connectivity index (χ4n) is 4.29. The third-order valence-corrected chi connectivity index (χ3v) is 5.67. The van der Waals surface area contributed by atoms with E-state index < -0.39 is 47.8 Å². The third-order valence-electron chi connectivity index (χ3n) is 5.67. The second kappa shape index (κ2) is 8.14. The molecule has 3 atom stereocenters. The van der Waals surface area contributed by atoms with Crippen molar-refractivity contribution in [3.05, 3.63) is 90.2 Å². The minimum atomic E-state index is -4.85. The highest BCUT2D eigenvalue weighted by Crippen LogP contribution is 2.48. The van der Waals surface area contributed by atoms with Gasteiger partial charge in [-0.25, -0.2) is 14.4 Å². The Morgan fingerprint density at radius 2 is 1.47 bits per heavy atom. The van der Waals surface area contributed by atoms with Crippen LogP contribution >= 0.6 is 0 Å². The summed E-state index contributed by atoms with van der Waals surface area (Å²) in [6.07, 6.45) is -6.09. The van der Waals surface area contributed by atoms with Crippen molar-refractivity contribution in [1.82, 2.24) is 0 Å². The molecule has 0 N–H and O–H groups in total. The van der Waals surface area contributed by atoms with Crippen molar-refractivity contribution in [2.24, 2.45) is 5.92 Å². The maximum Gasteiger partial charge on any atom is 0.573 e. The average Bonchev–Trinajstić information content (AvgIpc) is 3.31. The van der Waals surface area contributed by atoms with Gasteiger partial charge < -0.3 is 4.74 Å². The second-order valence-corrected chi connectivity index (χ2v) is 7.74. The number of carbonyl (C=O) groups is 2. The molecular weight excluding hydrogens is 456 g/mol. The molecule has 0 aliphatic carbocycles. The Hall–Kier alpha value is -3.92. The minimum absolute atomic E-state index is 0.186. The van der Waals surface area contributed by atoms with Gasteiger partial charge in [-0.2, -0.15) is 0 Å². The number of rotatable bonds is 4. The van der Waals surface area contributed by atoms with E-state index in [1.807, 2.05) is 0 Å². The highest BCUT2D eigenvalue weighted by molar-refractivity contribution is 6.24. The summed E-state index contributed by atoms with van der Waals surface area (Å²) in [5, 5.41) is 1.39. The van der Waals surface area contributed by atoms with Gasteiger partial charge in [0.15, 0.2) is 6.10 Å². The Labute approximate surface area is 190 Å². The van der Waals surface area contributed by atoms with E-state index in [1.54, 1.807) is 30.3 Å². The molecule has 3 aromatic rings. The third kappa shape index (κ3) is 3.75. The maximum absolute atomic E-state index is 14.4. The quantitative estimate of drug-likeness (QED) is 0.404. The Morgan fingerprint density at radius 3 is 2.12 bits per heavy atom. The van der Waals surface area contributed by atoms with Crippen molar-refractivity contribution in [3.63, 3.8) is 0 Å². The van der Waals surface area contributed by atoms with Crippen LogP contribution in [0.4, 0.5) is 28.9 Å². The molecule has 3 unspecified atom stereocenters. The zero-order chi connectivity index (χ0) is 24.0. The first-order chi connectivity index (χ1) is 16.2. The van der Waals surface area contributed by atoms with Crippen molar-refractivity contribution in [2.45, 2.75) is 18.5 Å². The van der Waals surface area contributed by atoms with Crippen molar-refractivity contribution < 1.29 is 36.7 Å². The normalized spacial score (nSPS) is 22.3. The number of halogens is 4. The lowest BCUT2D eigenvalue weighted by Crippen LogP contribution is -2.37. The Bertz CT molecular complexity index is 1230. The maximum atomic E-state index is 14.4. The summed E-state index contributed by atoms with van der Waals surface area (Å²) < 4.78 is 56.0. The number of alkyl halides is 3. The number of hydrogen-bond donors (Lipinski definition) is 0. The van der Waals surface area contributed by atoms with Gasteiger partial charge >= 0.3 is 6.36 Å². The van der Waals surface area contributed by atoms with Crippen LogP contribution in [0.25, 0.3) is 0 Å². The topological polar surface area (TPSA) is 59.1 Å². The van der Waals surface area contributed by atoms with Crippen LogP contribution in [-0.4, -0.2) is 24.3 Å². The molecule has 2 amide bonds. The van der Waals surface area contributed by atoms with E-state index in [0.717, 1.165) is 23.1 Å². The number of carbonyl (C=O) groups excluding carboxylic acids is 2. The zero-order valence-electron chi connectivity index (χ0n) is 17.3. The first kappa shape index (κ1) is 21.9. The SMILES string of the molecule is O=C1C2ON(c3ccccc3)C(c3ccc(OC(F)(F)F)cc3)C2C(=O)N1c1ccccc1F. The molecule has 5 rings (SSSR count). The molecule has 174 valence electrons. The lowest BCUT2D eigenvalue weighted by atomic mass is 9.90. The van der Waals surface area contributed by atoms with Crippen LogP contribution in [0.3, 0.4) is 0 Å².